The predicted octanol–water partition coefficient (Wildman–Crippen LogP) is 4.21. The number of para-hydroxylation sites is 1. The molecule has 0 spiro atoms. The number of amides is 1. The average Bonchev–Trinajstić information content (AvgIpc) is 3.02. The molecule has 1 fully saturated rings. The van der Waals surface area contributed by atoms with Crippen LogP contribution < -0.4 is 5.32 Å². The zero-order chi connectivity index (χ0) is 16.5. The fraction of sp³-hybridized carbons (Fsp3) is 0.250. The summed E-state index contributed by atoms with van der Waals surface area (Å²) < 4.78 is 5.76. The minimum Gasteiger partial charge on any atom is -0.461 e. The van der Waals surface area contributed by atoms with Crippen LogP contribution in [-0.4, -0.2) is 10.9 Å². The Bertz CT molecular complexity index is 870. The van der Waals surface area contributed by atoms with Gasteiger partial charge in [0.25, 0.3) is 0 Å². The van der Waals surface area contributed by atoms with E-state index in [1.807, 2.05) is 36.4 Å². The van der Waals surface area contributed by atoms with Crippen LogP contribution in [0.1, 0.15) is 36.5 Å². The summed E-state index contributed by atoms with van der Waals surface area (Å²) in [4.78, 5) is 15.3. The monoisotopic (exact) mass is 320 g/mol. The number of fused-ring (bicyclic) bond motifs is 1. The van der Waals surface area contributed by atoms with Gasteiger partial charge in [-0.2, -0.15) is 0 Å². The van der Waals surface area contributed by atoms with Crippen LogP contribution in [-0.2, 0) is 11.3 Å². The molecule has 0 saturated heterocycles. The first kappa shape index (κ1) is 14.8. The number of furan rings is 1. The van der Waals surface area contributed by atoms with Crippen molar-refractivity contribution in [3.8, 4) is 0 Å². The number of rotatable bonds is 5. The molecule has 3 aromatic rings. The van der Waals surface area contributed by atoms with Crippen molar-refractivity contribution in [2.45, 2.75) is 25.8 Å². The van der Waals surface area contributed by atoms with Crippen molar-refractivity contribution < 1.29 is 9.21 Å². The zero-order valence-corrected chi connectivity index (χ0v) is 13.6. The van der Waals surface area contributed by atoms with Gasteiger partial charge in [-0.1, -0.05) is 25.1 Å². The lowest BCUT2D eigenvalue weighted by Gasteiger charge is -1.99. The highest BCUT2D eigenvalue weighted by atomic mass is 16.3. The summed E-state index contributed by atoms with van der Waals surface area (Å²) in [7, 11) is 0. The molecule has 0 radical (unpaired) electrons. The first-order valence-electron chi connectivity index (χ1n) is 8.31. The largest absolute Gasteiger partial charge is 0.461 e. The van der Waals surface area contributed by atoms with E-state index in [0.29, 0.717) is 18.4 Å². The van der Waals surface area contributed by atoms with Crippen LogP contribution in [0.15, 0.2) is 53.0 Å². The van der Waals surface area contributed by atoms with Gasteiger partial charge in [0, 0.05) is 23.2 Å². The number of nitrogens with one attached hydrogen (secondary N) is 2. The highest BCUT2D eigenvalue weighted by Crippen LogP contribution is 2.47. The Kier molecular flexibility index (Phi) is 3.73. The van der Waals surface area contributed by atoms with Crippen LogP contribution in [0.3, 0.4) is 0 Å². The predicted molar refractivity (Wildman–Crippen MR) is 94.4 cm³/mol. The minimum absolute atomic E-state index is 0.133. The lowest BCUT2D eigenvalue weighted by Crippen LogP contribution is -2.20. The molecule has 1 saturated carbocycles. The molecule has 1 aliphatic rings. The Balaban J connectivity index is 1.33. The number of hydrogen-bond acceptors (Lipinski definition) is 2. The van der Waals surface area contributed by atoms with E-state index in [2.05, 4.69) is 23.3 Å². The average molecular weight is 320 g/mol. The molecule has 122 valence electrons. The fourth-order valence-electron chi connectivity index (χ4n) is 3.00. The zero-order valence-electron chi connectivity index (χ0n) is 13.6. The molecular formula is C20H20N2O2. The molecule has 4 nitrogen and oxygen atoms in total. The molecule has 1 aliphatic carbocycles. The summed E-state index contributed by atoms with van der Waals surface area (Å²) in [5.74, 6) is 2.90. The molecule has 2 N–H and O–H groups in total. The second-order valence-corrected chi connectivity index (χ2v) is 6.49. The van der Waals surface area contributed by atoms with E-state index >= 15 is 0 Å². The van der Waals surface area contributed by atoms with Gasteiger partial charge in [0.15, 0.2) is 0 Å². The summed E-state index contributed by atoms with van der Waals surface area (Å²) >= 11 is 0. The Morgan fingerprint density at radius 1 is 1.33 bits per heavy atom. The first-order chi connectivity index (χ1) is 11.7. The standard InChI is InChI=1S/C20H20N2O2/c1-13-10-17(13)19-8-6-16(24-19)7-9-20(23)21-12-15-11-14-4-2-3-5-18(14)22-15/h2-9,11,13,17,22H,10,12H2,1H3,(H,21,23)/b9-7+. The van der Waals surface area contributed by atoms with Gasteiger partial charge < -0.3 is 14.7 Å². The maximum Gasteiger partial charge on any atom is 0.244 e. The lowest BCUT2D eigenvalue weighted by atomic mass is 10.2. The second-order valence-electron chi connectivity index (χ2n) is 6.49. The normalized spacial score (nSPS) is 19.9. The number of aromatic nitrogens is 1. The van der Waals surface area contributed by atoms with E-state index < -0.39 is 0 Å². The van der Waals surface area contributed by atoms with Gasteiger partial charge in [0.1, 0.15) is 11.5 Å². The number of hydrogen-bond donors (Lipinski definition) is 2. The lowest BCUT2D eigenvalue weighted by molar-refractivity contribution is -0.116. The maximum atomic E-state index is 12.0. The number of carbonyl (C=O) groups is 1. The van der Waals surface area contributed by atoms with Gasteiger partial charge in [-0.25, -0.2) is 0 Å². The van der Waals surface area contributed by atoms with Gasteiger partial charge in [-0.05, 0) is 48.1 Å². The molecule has 2 unspecified atom stereocenters. The molecule has 1 aromatic carbocycles. The molecule has 4 rings (SSSR count). The topological polar surface area (TPSA) is 58.0 Å². The summed E-state index contributed by atoms with van der Waals surface area (Å²) in [6.07, 6.45) is 4.43. The SMILES string of the molecule is CC1CC1c1ccc(/C=C/C(=O)NCc2cc3ccccc3[nH]2)o1. The highest BCUT2D eigenvalue weighted by molar-refractivity contribution is 5.91. The van der Waals surface area contributed by atoms with Gasteiger partial charge >= 0.3 is 0 Å². The minimum atomic E-state index is -0.133. The Morgan fingerprint density at radius 2 is 2.17 bits per heavy atom. The van der Waals surface area contributed by atoms with Crippen LogP contribution in [0.25, 0.3) is 17.0 Å². The van der Waals surface area contributed by atoms with Crippen molar-refractivity contribution in [3.63, 3.8) is 0 Å². The van der Waals surface area contributed by atoms with E-state index in [0.717, 1.165) is 28.1 Å². The van der Waals surface area contributed by atoms with E-state index in [1.54, 1.807) is 6.08 Å². The van der Waals surface area contributed by atoms with Crippen LogP contribution in [0.4, 0.5) is 0 Å². The Hall–Kier alpha value is -2.75. The van der Waals surface area contributed by atoms with Crippen LogP contribution in [0.5, 0.6) is 0 Å². The van der Waals surface area contributed by atoms with Gasteiger partial charge in [-0.15, -0.1) is 0 Å². The van der Waals surface area contributed by atoms with Crippen molar-refractivity contribution in [3.05, 3.63) is 65.8 Å². The van der Waals surface area contributed by atoms with Gasteiger partial charge in [0.05, 0.1) is 6.54 Å². The molecule has 2 heterocycles. The summed E-state index contributed by atoms with van der Waals surface area (Å²) in [5, 5.41) is 4.03. The van der Waals surface area contributed by atoms with Crippen molar-refractivity contribution >= 4 is 22.9 Å². The Labute approximate surface area is 140 Å². The van der Waals surface area contributed by atoms with Crippen LogP contribution in [0, 0.1) is 5.92 Å². The van der Waals surface area contributed by atoms with E-state index in [-0.39, 0.29) is 5.91 Å². The van der Waals surface area contributed by atoms with Crippen molar-refractivity contribution in [1.82, 2.24) is 10.3 Å². The second kappa shape index (κ2) is 6.04. The third-order valence-electron chi connectivity index (χ3n) is 4.56. The van der Waals surface area contributed by atoms with Crippen molar-refractivity contribution in [2.24, 2.45) is 5.92 Å². The highest BCUT2D eigenvalue weighted by Gasteiger charge is 2.36. The Morgan fingerprint density at radius 3 is 2.96 bits per heavy atom. The van der Waals surface area contributed by atoms with E-state index in [9.17, 15) is 4.79 Å². The number of benzene rings is 1. The molecule has 0 aliphatic heterocycles. The van der Waals surface area contributed by atoms with Gasteiger partial charge in [0.2, 0.25) is 5.91 Å². The maximum absolute atomic E-state index is 12.0. The first-order valence-corrected chi connectivity index (χ1v) is 8.31. The number of carbonyl (C=O) groups excluding carboxylic acids is 1. The summed E-state index contributed by atoms with van der Waals surface area (Å²) in [5.41, 5.74) is 2.07. The van der Waals surface area contributed by atoms with Crippen LogP contribution in [0.2, 0.25) is 0 Å². The molecule has 2 aromatic heterocycles. The molecule has 0 bridgehead atoms. The van der Waals surface area contributed by atoms with Crippen molar-refractivity contribution in [2.75, 3.05) is 0 Å². The fourth-order valence-corrected chi connectivity index (χ4v) is 3.00. The quantitative estimate of drug-likeness (QED) is 0.692. The third-order valence-corrected chi connectivity index (χ3v) is 4.56. The molecule has 2 atom stereocenters. The molecule has 24 heavy (non-hydrogen) atoms. The van der Waals surface area contributed by atoms with Crippen molar-refractivity contribution in [1.29, 1.82) is 0 Å². The summed E-state index contributed by atoms with van der Waals surface area (Å²) in [6, 6.07) is 14.0. The van der Waals surface area contributed by atoms with Crippen LogP contribution >= 0.6 is 0 Å². The van der Waals surface area contributed by atoms with E-state index in [4.69, 9.17) is 4.42 Å². The molecule has 1 amide bonds. The smallest absolute Gasteiger partial charge is 0.244 e. The number of H-pyrrole nitrogens is 1. The van der Waals surface area contributed by atoms with Gasteiger partial charge in [-0.3, -0.25) is 4.79 Å². The molecule has 4 heteroatoms. The van der Waals surface area contributed by atoms with E-state index in [1.165, 1.54) is 12.5 Å². The number of aromatic amines is 1. The molecular weight excluding hydrogens is 300 g/mol. The third kappa shape index (κ3) is 3.13. The summed E-state index contributed by atoms with van der Waals surface area (Å²) in [6.45, 7) is 2.70.